The first-order chi connectivity index (χ1) is 12.1. The topological polar surface area (TPSA) is 61.6 Å². The third kappa shape index (κ3) is 3.83. The van der Waals surface area contributed by atoms with Crippen LogP contribution in [-0.2, 0) is 11.3 Å². The van der Waals surface area contributed by atoms with Crippen LogP contribution in [0.25, 0.3) is 11.5 Å². The fraction of sp³-hybridized carbons (Fsp3) is 0.158. The van der Waals surface area contributed by atoms with Crippen molar-refractivity contribution in [1.82, 2.24) is 4.98 Å². The van der Waals surface area contributed by atoms with E-state index in [0.717, 1.165) is 5.56 Å². The largest absolute Gasteiger partial charge is 0.486 e. The molecule has 0 saturated carbocycles. The highest BCUT2D eigenvalue weighted by molar-refractivity contribution is 6.32. The highest BCUT2D eigenvalue weighted by Gasteiger charge is 2.14. The van der Waals surface area contributed by atoms with Crippen molar-refractivity contribution < 1.29 is 18.7 Å². The first-order valence-corrected chi connectivity index (χ1v) is 7.98. The van der Waals surface area contributed by atoms with E-state index in [1.165, 1.54) is 13.2 Å². The van der Waals surface area contributed by atoms with E-state index < -0.39 is 5.97 Å². The Balaban J connectivity index is 1.74. The van der Waals surface area contributed by atoms with Gasteiger partial charge in [-0.2, -0.15) is 0 Å². The number of esters is 1. The molecule has 0 unspecified atom stereocenters. The molecular formula is C19H16ClNO4. The van der Waals surface area contributed by atoms with Gasteiger partial charge in [-0.3, -0.25) is 0 Å². The Kier molecular flexibility index (Phi) is 5.05. The predicted molar refractivity (Wildman–Crippen MR) is 93.8 cm³/mol. The monoisotopic (exact) mass is 357 g/mol. The van der Waals surface area contributed by atoms with Gasteiger partial charge in [0.05, 0.1) is 17.7 Å². The van der Waals surface area contributed by atoms with E-state index in [-0.39, 0.29) is 6.61 Å². The van der Waals surface area contributed by atoms with Crippen molar-refractivity contribution in [2.24, 2.45) is 0 Å². The molecule has 1 aromatic heterocycles. The maximum absolute atomic E-state index is 11.5. The van der Waals surface area contributed by atoms with Crippen LogP contribution in [0.1, 0.15) is 21.8 Å². The second-order valence-corrected chi connectivity index (χ2v) is 5.72. The summed E-state index contributed by atoms with van der Waals surface area (Å²) in [6, 6.07) is 14.4. The van der Waals surface area contributed by atoms with Gasteiger partial charge >= 0.3 is 5.97 Å². The zero-order valence-electron chi connectivity index (χ0n) is 13.8. The first-order valence-electron chi connectivity index (χ1n) is 7.61. The Labute approximate surface area is 150 Å². The van der Waals surface area contributed by atoms with Crippen molar-refractivity contribution in [1.29, 1.82) is 0 Å². The van der Waals surface area contributed by atoms with Crippen LogP contribution in [0.5, 0.6) is 5.75 Å². The lowest BCUT2D eigenvalue weighted by molar-refractivity contribution is 0.0600. The van der Waals surface area contributed by atoms with Crippen LogP contribution in [0.15, 0.2) is 52.9 Å². The minimum atomic E-state index is -0.451. The van der Waals surface area contributed by atoms with Crippen LogP contribution in [0.4, 0.5) is 0 Å². The molecule has 0 atom stereocenters. The minimum Gasteiger partial charge on any atom is -0.486 e. The number of nitrogens with zero attached hydrogens (tertiary/aromatic N) is 1. The zero-order chi connectivity index (χ0) is 17.8. The van der Waals surface area contributed by atoms with Crippen LogP contribution in [-0.4, -0.2) is 18.1 Å². The fourth-order valence-electron chi connectivity index (χ4n) is 2.27. The molecule has 3 aromatic rings. The second-order valence-electron chi connectivity index (χ2n) is 5.31. The summed E-state index contributed by atoms with van der Waals surface area (Å²) in [7, 11) is 1.32. The first kappa shape index (κ1) is 17.0. The smallest absolute Gasteiger partial charge is 0.337 e. The summed E-state index contributed by atoms with van der Waals surface area (Å²) in [5.74, 6) is 1.23. The van der Waals surface area contributed by atoms with Gasteiger partial charge in [-0.05, 0) is 37.3 Å². The Morgan fingerprint density at radius 3 is 2.64 bits per heavy atom. The summed E-state index contributed by atoms with van der Waals surface area (Å²) in [6.45, 7) is 2.04. The number of methoxy groups -OCH3 is 1. The lowest BCUT2D eigenvalue weighted by Crippen LogP contribution is -2.02. The highest BCUT2D eigenvalue weighted by Crippen LogP contribution is 2.28. The van der Waals surface area contributed by atoms with E-state index in [1.54, 1.807) is 12.1 Å². The Morgan fingerprint density at radius 2 is 1.96 bits per heavy atom. The highest BCUT2D eigenvalue weighted by atomic mass is 35.5. The normalized spacial score (nSPS) is 10.5. The van der Waals surface area contributed by atoms with Gasteiger partial charge in [0.15, 0.2) is 0 Å². The molecule has 0 aliphatic rings. The molecule has 0 N–H and O–H groups in total. The van der Waals surface area contributed by atoms with E-state index in [0.29, 0.717) is 33.7 Å². The number of oxazole rings is 1. The van der Waals surface area contributed by atoms with Gasteiger partial charge < -0.3 is 13.9 Å². The molecule has 6 heteroatoms. The maximum Gasteiger partial charge on any atom is 0.337 e. The molecule has 1 heterocycles. The van der Waals surface area contributed by atoms with Gasteiger partial charge in [0.25, 0.3) is 0 Å². The number of hydrogen-bond acceptors (Lipinski definition) is 5. The number of rotatable bonds is 5. The van der Waals surface area contributed by atoms with Crippen LogP contribution < -0.4 is 4.74 Å². The molecule has 0 fully saturated rings. The van der Waals surface area contributed by atoms with E-state index in [4.69, 9.17) is 20.8 Å². The van der Waals surface area contributed by atoms with Crippen molar-refractivity contribution in [3.8, 4) is 17.2 Å². The fourth-order valence-corrected chi connectivity index (χ4v) is 2.51. The average Bonchev–Trinajstić information content (AvgIpc) is 3.01. The van der Waals surface area contributed by atoms with Crippen molar-refractivity contribution in [3.05, 3.63) is 70.6 Å². The molecule has 5 nitrogen and oxygen atoms in total. The van der Waals surface area contributed by atoms with Gasteiger partial charge in [0.2, 0.25) is 5.89 Å². The van der Waals surface area contributed by atoms with E-state index in [9.17, 15) is 4.79 Å². The number of aryl methyl sites for hydroxylation is 1. The molecule has 0 spiro atoms. The SMILES string of the molecule is COC(=O)c1ccc(OCc2nc(-c3ccccc3)oc2C)c(Cl)c1. The van der Waals surface area contributed by atoms with E-state index in [2.05, 4.69) is 9.72 Å². The molecular weight excluding hydrogens is 342 g/mol. The maximum atomic E-state index is 11.5. The summed E-state index contributed by atoms with van der Waals surface area (Å²) >= 11 is 6.16. The molecule has 25 heavy (non-hydrogen) atoms. The Bertz CT molecular complexity index is 890. The number of ether oxygens (including phenoxy) is 2. The van der Waals surface area contributed by atoms with Crippen molar-refractivity contribution in [2.45, 2.75) is 13.5 Å². The quantitative estimate of drug-likeness (QED) is 0.621. The predicted octanol–water partition coefficient (Wildman–Crippen LogP) is 4.67. The van der Waals surface area contributed by atoms with Crippen LogP contribution in [0, 0.1) is 6.92 Å². The lowest BCUT2D eigenvalue weighted by atomic mass is 10.2. The molecule has 128 valence electrons. The van der Waals surface area contributed by atoms with Crippen LogP contribution >= 0.6 is 11.6 Å². The number of halogens is 1. The summed E-state index contributed by atoms with van der Waals surface area (Å²) in [6.07, 6.45) is 0. The summed E-state index contributed by atoms with van der Waals surface area (Å²) in [4.78, 5) is 16.0. The molecule has 0 radical (unpaired) electrons. The molecule has 0 amide bonds. The van der Waals surface area contributed by atoms with E-state index >= 15 is 0 Å². The van der Waals surface area contributed by atoms with Crippen LogP contribution in [0.3, 0.4) is 0 Å². The number of carbonyl (C=O) groups is 1. The molecule has 0 aliphatic carbocycles. The Morgan fingerprint density at radius 1 is 1.20 bits per heavy atom. The Hall–Kier alpha value is -2.79. The third-order valence-corrected chi connectivity index (χ3v) is 3.93. The van der Waals surface area contributed by atoms with Gasteiger partial charge in [0, 0.05) is 5.56 Å². The van der Waals surface area contributed by atoms with E-state index in [1.807, 2.05) is 37.3 Å². The van der Waals surface area contributed by atoms with Crippen LogP contribution in [0.2, 0.25) is 5.02 Å². The van der Waals surface area contributed by atoms with Gasteiger partial charge in [-0.25, -0.2) is 9.78 Å². The van der Waals surface area contributed by atoms with Gasteiger partial charge in [0.1, 0.15) is 23.8 Å². The summed E-state index contributed by atoms with van der Waals surface area (Å²) < 4.78 is 16.1. The lowest BCUT2D eigenvalue weighted by Gasteiger charge is -2.08. The summed E-state index contributed by atoms with van der Waals surface area (Å²) in [5.41, 5.74) is 1.95. The third-order valence-electron chi connectivity index (χ3n) is 3.63. The van der Waals surface area contributed by atoms with Gasteiger partial charge in [-0.15, -0.1) is 0 Å². The second kappa shape index (κ2) is 7.40. The molecule has 0 bridgehead atoms. The summed E-state index contributed by atoms with van der Waals surface area (Å²) in [5, 5.41) is 0.326. The number of carbonyl (C=O) groups excluding carboxylic acids is 1. The molecule has 0 aliphatic heterocycles. The van der Waals surface area contributed by atoms with Crippen molar-refractivity contribution >= 4 is 17.6 Å². The zero-order valence-corrected chi connectivity index (χ0v) is 14.5. The minimum absolute atomic E-state index is 0.208. The number of benzene rings is 2. The molecule has 2 aromatic carbocycles. The standard InChI is InChI=1S/C19H16ClNO4/c1-12-16(21-18(25-12)13-6-4-3-5-7-13)11-24-17-9-8-14(10-15(17)20)19(22)23-2/h3-10H,11H2,1-2H3. The van der Waals surface area contributed by atoms with Crippen molar-refractivity contribution in [2.75, 3.05) is 7.11 Å². The molecule has 3 rings (SSSR count). The average molecular weight is 358 g/mol. The number of hydrogen-bond donors (Lipinski definition) is 0. The van der Waals surface area contributed by atoms with Crippen molar-refractivity contribution in [3.63, 3.8) is 0 Å². The molecule has 0 saturated heterocycles. The van der Waals surface area contributed by atoms with Gasteiger partial charge in [-0.1, -0.05) is 29.8 Å². The number of aromatic nitrogens is 1.